The summed E-state index contributed by atoms with van der Waals surface area (Å²) in [5.74, 6) is 0.667. The fraction of sp³-hybridized carbons (Fsp3) is 0.333. The third-order valence-corrected chi connectivity index (χ3v) is 2.44. The van der Waals surface area contributed by atoms with Gasteiger partial charge in [-0.3, -0.25) is 0 Å². The van der Waals surface area contributed by atoms with Crippen LogP contribution in [0.1, 0.15) is 24.3 Å². The molecule has 2 rings (SSSR count). The predicted octanol–water partition coefficient (Wildman–Crippen LogP) is 2.51. The molecule has 1 fully saturated rings. The summed E-state index contributed by atoms with van der Waals surface area (Å²) in [7, 11) is 0. The van der Waals surface area contributed by atoms with Crippen molar-refractivity contribution in [2.45, 2.75) is 18.8 Å². The zero-order valence-electron chi connectivity index (χ0n) is 6.55. The van der Waals surface area contributed by atoms with Crippen molar-refractivity contribution < 1.29 is 5.11 Å². The van der Waals surface area contributed by atoms with Crippen LogP contribution in [0.2, 0.25) is 5.02 Å². The van der Waals surface area contributed by atoms with Gasteiger partial charge in [-0.15, -0.1) is 0 Å². The molecule has 0 bridgehead atoms. The van der Waals surface area contributed by atoms with E-state index in [0.717, 1.165) is 18.4 Å². The van der Waals surface area contributed by atoms with Gasteiger partial charge in [0.05, 0.1) is 0 Å². The molecule has 1 saturated carbocycles. The zero-order valence-corrected chi connectivity index (χ0v) is 7.30. The standard InChI is InChI=1S/C9H10ClNO/c10-7-3-6(12)4-8(11)9(7)5-1-2-5/h3-5,12H,1-2,11H2. The molecule has 0 atom stereocenters. The van der Waals surface area contributed by atoms with E-state index >= 15 is 0 Å². The minimum atomic E-state index is 0.141. The molecular formula is C9H10ClNO. The second-order valence-electron chi connectivity index (χ2n) is 3.20. The maximum Gasteiger partial charge on any atom is 0.119 e. The first-order valence-electron chi connectivity index (χ1n) is 3.96. The average molecular weight is 184 g/mol. The number of aromatic hydroxyl groups is 1. The lowest BCUT2D eigenvalue weighted by Crippen LogP contribution is -1.93. The quantitative estimate of drug-likeness (QED) is 0.658. The van der Waals surface area contributed by atoms with Crippen molar-refractivity contribution >= 4 is 17.3 Å². The van der Waals surface area contributed by atoms with Crippen LogP contribution in [0.5, 0.6) is 5.75 Å². The first-order chi connectivity index (χ1) is 5.68. The lowest BCUT2D eigenvalue weighted by Gasteiger charge is -2.06. The largest absolute Gasteiger partial charge is 0.508 e. The van der Waals surface area contributed by atoms with Crippen molar-refractivity contribution in [1.82, 2.24) is 0 Å². The Morgan fingerprint density at radius 3 is 2.58 bits per heavy atom. The highest BCUT2D eigenvalue weighted by Crippen LogP contribution is 2.46. The third kappa shape index (κ3) is 1.23. The Labute approximate surface area is 76.0 Å². The van der Waals surface area contributed by atoms with E-state index in [1.54, 1.807) is 12.1 Å². The molecule has 0 aromatic heterocycles. The van der Waals surface area contributed by atoms with Crippen molar-refractivity contribution in [3.63, 3.8) is 0 Å². The van der Waals surface area contributed by atoms with Crippen LogP contribution in [0.3, 0.4) is 0 Å². The smallest absolute Gasteiger partial charge is 0.119 e. The highest BCUT2D eigenvalue weighted by molar-refractivity contribution is 6.32. The van der Waals surface area contributed by atoms with Gasteiger partial charge >= 0.3 is 0 Å². The molecule has 0 saturated heterocycles. The van der Waals surface area contributed by atoms with Crippen LogP contribution < -0.4 is 5.73 Å². The van der Waals surface area contributed by atoms with Crippen LogP contribution in [0.25, 0.3) is 0 Å². The highest BCUT2D eigenvalue weighted by atomic mass is 35.5. The van der Waals surface area contributed by atoms with Crippen molar-refractivity contribution in [3.05, 3.63) is 22.7 Å². The number of nitrogen functional groups attached to an aromatic ring is 1. The lowest BCUT2D eigenvalue weighted by atomic mass is 10.1. The number of hydrogen-bond acceptors (Lipinski definition) is 2. The molecule has 1 aromatic rings. The zero-order chi connectivity index (χ0) is 8.72. The van der Waals surface area contributed by atoms with Crippen molar-refractivity contribution in [2.75, 3.05) is 5.73 Å². The summed E-state index contributed by atoms with van der Waals surface area (Å²) in [6.45, 7) is 0. The molecule has 0 unspecified atom stereocenters. The summed E-state index contributed by atoms with van der Waals surface area (Å²) in [5, 5.41) is 9.75. The van der Waals surface area contributed by atoms with Crippen LogP contribution in [-0.2, 0) is 0 Å². The summed E-state index contributed by atoms with van der Waals surface area (Å²) < 4.78 is 0. The number of nitrogens with two attached hydrogens (primary N) is 1. The molecule has 64 valence electrons. The van der Waals surface area contributed by atoms with E-state index in [4.69, 9.17) is 22.4 Å². The number of phenols is 1. The van der Waals surface area contributed by atoms with Crippen molar-refractivity contribution in [1.29, 1.82) is 0 Å². The summed E-state index contributed by atoms with van der Waals surface area (Å²) in [6, 6.07) is 3.10. The molecule has 0 amide bonds. The summed E-state index contributed by atoms with van der Waals surface area (Å²) in [4.78, 5) is 0. The monoisotopic (exact) mass is 183 g/mol. The van der Waals surface area contributed by atoms with Crippen LogP contribution >= 0.6 is 11.6 Å². The molecule has 0 radical (unpaired) electrons. The van der Waals surface area contributed by atoms with E-state index in [0.29, 0.717) is 16.6 Å². The number of anilines is 1. The van der Waals surface area contributed by atoms with Gasteiger partial charge in [0.25, 0.3) is 0 Å². The van der Waals surface area contributed by atoms with Gasteiger partial charge in [-0.2, -0.15) is 0 Å². The molecular weight excluding hydrogens is 174 g/mol. The Morgan fingerprint density at radius 1 is 1.42 bits per heavy atom. The summed E-state index contributed by atoms with van der Waals surface area (Å²) >= 11 is 5.93. The van der Waals surface area contributed by atoms with Gasteiger partial charge in [0, 0.05) is 16.8 Å². The van der Waals surface area contributed by atoms with Gasteiger partial charge in [-0.05, 0) is 30.4 Å². The maximum atomic E-state index is 9.16. The van der Waals surface area contributed by atoms with Crippen LogP contribution in [-0.4, -0.2) is 5.11 Å². The van der Waals surface area contributed by atoms with E-state index in [1.165, 1.54) is 0 Å². The Balaban J connectivity index is 2.51. The van der Waals surface area contributed by atoms with Crippen LogP contribution in [0.15, 0.2) is 12.1 Å². The minimum Gasteiger partial charge on any atom is -0.508 e. The summed E-state index contributed by atoms with van der Waals surface area (Å²) in [5.41, 5.74) is 7.34. The Bertz CT molecular complexity index is 297. The van der Waals surface area contributed by atoms with Crippen LogP contribution in [0.4, 0.5) is 5.69 Å². The van der Waals surface area contributed by atoms with Gasteiger partial charge in [0.15, 0.2) is 0 Å². The number of rotatable bonds is 1. The second kappa shape index (κ2) is 2.56. The van der Waals surface area contributed by atoms with Gasteiger partial charge in [0.2, 0.25) is 0 Å². The fourth-order valence-corrected chi connectivity index (χ4v) is 1.80. The van der Waals surface area contributed by atoms with Gasteiger partial charge < -0.3 is 10.8 Å². The van der Waals surface area contributed by atoms with Crippen molar-refractivity contribution in [3.8, 4) is 5.75 Å². The van der Waals surface area contributed by atoms with E-state index < -0.39 is 0 Å². The van der Waals surface area contributed by atoms with Crippen molar-refractivity contribution in [2.24, 2.45) is 0 Å². The maximum absolute atomic E-state index is 9.16. The van der Waals surface area contributed by atoms with E-state index in [-0.39, 0.29) is 5.75 Å². The molecule has 2 nitrogen and oxygen atoms in total. The summed E-state index contributed by atoms with van der Waals surface area (Å²) in [6.07, 6.45) is 2.32. The molecule has 0 spiro atoms. The average Bonchev–Trinajstić information content (AvgIpc) is 2.68. The first kappa shape index (κ1) is 7.74. The molecule has 0 aliphatic heterocycles. The minimum absolute atomic E-state index is 0.141. The molecule has 0 heterocycles. The number of benzene rings is 1. The molecule has 3 N–H and O–H groups in total. The third-order valence-electron chi connectivity index (χ3n) is 2.13. The second-order valence-corrected chi connectivity index (χ2v) is 3.61. The molecule has 3 heteroatoms. The van der Waals surface area contributed by atoms with Crippen LogP contribution in [0, 0.1) is 0 Å². The predicted molar refractivity (Wildman–Crippen MR) is 49.5 cm³/mol. The van der Waals surface area contributed by atoms with Gasteiger partial charge in [-0.1, -0.05) is 11.6 Å². The fourth-order valence-electron chi connectivity index (χ4n) is 1.43. The number of phenolic OH excluding ortho intramolecular Hbond substituents is 1. The Kier molecular flexibility index (Phi) is 1.65. The Morgan fingerprint density at radius 2 is 2.08 bits per heavy atom. The normalized spacial score (nSPS) is 16.4. The van der Waals surface area contributed by atoms with Gasteiger partial charge in [0.1, 0.15) is 5.75 Å². The SMILES string of the molecule is Nc1cc(O)cc(Cl)c1C1CC1. The molecule has 1 aliphatic rings. The molecule has 12 heavy (non-hydrogen) atoms. The first-order valence-corrected chi connectivity index (χ1v) is 4.34. The number of hydrogen-bond donors (Lipinski definition) is 2. The molecule has 1 aliphatic carbocycles. The molecule has 1 aromatic carbocycles. The van der Waals surface area contributed by atoms with Gasteiger partial charge in [-0.25, -0.2) is 0 Å². The van der Waals surface area contributed by atoms with E-state index in [9.17, 15) is 0 Å². The topological polar surface area (TPSA) is 46.2 Å². The number of halogens is 1. The van der Waals surface area contributed by atoms with E-state index in [2.05, 4.69) is 0 Å². The highest BCUT2D eigenvalue weighted by Gasteiger charge is 2.27. The Hall–Kier alpha value is -0.890. The van der Waals surface area contributed by atoms with E-state index in [1.807, 2.05) is 0 Å². The lowest BCUT2D eigenvalue weighted by molar-refractivity contribution is 0.475.